The summed E-state index contributed by atoms with van der Waals surface area (Å²) in [6.45, 7) is 2.34. The minimum atomic E-state index is -0.202. The molecule has 1 fully saturated rings. The highest BCUT2D eigenvalue weighted by Crippen LogP contribution is 2.18. The lowest BCUT2D eigenvalue weighted by Gasteiger charge is -2.35. The number of benzene rings is 1. The van der Waals surface area contributed by atoms with E-state index in [0.29, 0.717) is 43.5 Å². The first-order chi connectivity index (χ1) is 14.1. The van der Waals surface area contributed by atoms with Crippen LogP contribution in [0, 0.1) is 0 Å². The molecule has 1 aliphatic heterocycles. The number of anilines is 2. The maximum atomic E-state index is 12.8. The maximum Gasteiger partial charge on any atom is 0.289 e. The van der Waals surface area contributed by atoms with Gasteiger partial charge in [0, 0.05) is 45.0 Å². The van der Waals surface area contributed by atoms with Crippen molar-refractivity contribution in [1.82, 2.24) is 14.9 Å². The molecule has 0 aliphatic carbocycles. The highest BCUT2D eigenvalue weighted by molar-refractivity contribution is 6.04. The average Bonchev–Trinajstić information content (AvgIpc) is 3.33. The van der Waals surface area contributed by atoms with E-state index < -0.39 is 0 Å². The predicted octanol–water partition coefficient (Wildman–Crippen LogP) is 2.31. The summed E-state index contributed by atoms with van der Waals surface area (Å²) in [5, 5.41) is 0. The van der Waals surface area contributed by atoms with Gasteiger partial charge in [-0.25, -0.2) is 9.97 Å². The molecule has 2 aromatic heterocycles. The fraction of sp³-hybridized carbons (Fsp3) is 0.238. The summed E-state index contributed by atoms with van der Waals surface area (Å²) >= 11 is 0. The Kier molecular flexibility index (Phi) is 5.24. The zero-order chi connectivity index (χ0) is 20.2. The molecule has 0 unspecified atom stereocenters. The number of furan rings is 1. The minimum absolute atomic E-state index is 0.113. The molecular weight excluding hydrogens is 370 g/mol. The highest BCUT2D eigenvalue weighted by atomic mass is 16.3. The number of carbonyl (C=O) groups is 2. The molecule has 0 saturated carbocycles. The van der Waals surface area contributed by atoms with E-state index in [2.05, 4.69) is 9.97 Å². The number of aromatic nitrogens is 2. The molecule has 1 saturated heterocycles. The van der Waals surface area contributed by atoms with Crippen molar-refractivity contribution in [2.75, 3.05) is 43.0 Å². The normalized spacial score (nSPS) is 14.0. The summed E-state index contributed by atoms with van der Waals surface area (Å²) < 4.78 is 5.19. The van der Waals surface area contributed by atoms with Crippen molar-refractivity contribution in [2.45, 2.75) is 0 Å². The van der Waals surface area contributed by atoms with Gasteiger partial charge in [0.25, 0.3) is 11.8 Å². The molecule has 3 aromatic rings. The van der Waals surface area contributed by atoms with Gasteiger partial charge in [-0.1, -0.05) is 18.2 Å². The molecule has 148 valence electrons. The summed E-state index contributed by atoms with van der Waals surface area (Å²) in [6, 6.07) is 14.5. The lowest BCUT2D eigenvalue weighted by molar-refractivity contribution is 0.0714. The van der Waals surface area contributed by atoms with E-state index >= 15 is 0 Å². The first-order valence-electron chi connectivity index (χ1n) is 9.36. The van der Waals surface area contributed by atoms with E-state index in [1.54, 1.807) is 35.0 Å². The molecule has 1 aromatic carbocycles. The zero-order valence-electron chi connectivity index (χ0n) is 16.1. The summed E-state index contributed by atoms with van der Waals surface area (Å²) in [7, 11) is 1.72. The van der Waals surface area contributed by atoms with Crippen LogP contribution in [0.15, 0.2) is 65.5 Å². The molecule has 1 aliphatic rings. The van der Waals surface area contributed by atoms with E-state index in [1.165, 1.54) is 12.6 Å². The Morgan fingerprint density at radius 2 is 1.76 bits per heavy atom. The van der Waals surface area contributed by atoms with E-state index in [4.69, 9.17) is 4.42 Å². The number of nitrogens with zero attached hydrogens (tertiary/aromatic N) is 5. The van der Waals surface area contributed by atoms with E-state index in [-0.39, 0.29) is 11.8 Å². The quantitative estimate of drug-likeness (QED) is 0.679. The first kappa shape index (κ1) is 18.7. The Hall–Kier alpha value is -3.68. The fourth-order valence-corrected chi connectivity index (χ4v) is 3.27. The van der Waals surface area contributed by atoms with Crippen LogP contribution in [0.4, 0.5) is 11.5 Å². The number of para-hydroxylation sites is 1. The molecule has 29 heavy (non-hydrogen) atoms. The zero-order valence-corrected chi connectivity index (χ0v) is 16.1. The number of carbonyl (C=O) groups excluding carboxylic acids is 2. The monoisotopic (exact) mass is 391 g/mol. The Bertz CT molecular complexity index is 983. The average molecular weight is 391 g/mol. The number of hydrogen-bond acceptors (Lipinski definition) is 6. The van der Waals surface area contributed by atoms with E-state index in [9.17, 15) is 9.59 Å². The van der Waals surface area contributed by atoms with Crippen LogP contribution in [-0.4, -0.2) is 59.9 Å². The van der Waals surface area contributed by atoms with Crippen LogP contribution in [0.1, 0.15) is 21.0 Å². The van der Waals surface area contributed by atoms with Crippen molar-refractivity contribution in [3.8, 4) is 0 Å². The van der Waals surface area contributed by atoms with Gasteiger partial charge < -0.3 is 19.1 Å². The lowest BCUT2D eigenvalue weighted by atomic mass is 10.2. The Morgan fingerprint density at radius 1 is 1.00 bits per heavy atom. The van der Waals surface area contributed by atoms with Gasteiger partial charge in [-0.15, -0.1) is 0 Å². The molecule has 0 spiro atoms. The first-order valence-corrected chi connectivity index (χ1v) is 9.36. The van der Waals surface area contributed by atoms with Crippen molar-refractivity contribution in [3.05, 3.63) is 72.6 Å². The van der Waals surface area contributed by atoms with Crippen molar-refractivity contribution in [3.63, 3.8) is 0 Å². The van der Waals surface area contributed by atoms with Gasteiger partial charge in [0.2, 0.25) is 0 Å². The van der Waals surface area contributed by atoms with Gasteiger partial charge in [0.05, 0.1) is 6.26 Å². The standard InChI is InChI=1S/C21H21N5O3/c1-24(16-6-3-2-4-7-16)20(27)17-14-19(23-15-22-17)25-9-11-26(12-10-25)21(28)18-8-5-13-29-18/h2-8,13-15H,9-12H2,1H3. The fourth-order valence-electron chi connectivity index (χ4n) is 3.27. The topological polar surface area (TPSA) is 82.8 Å². The van der Waals surface area contributed by atoms with Gasteiger partial charge >= 0.3 is 0 Å². The second-order valence-electron chi connectivity index (χ2n) is 6.72. The van der Waals surface area contributed by atoms with Crippen LogP contribution >= 0.6 is 0 Å². The van der Waals surface area contributed by atoms with Crippen molar-refractivity contribution in [1.29, 1.82) is 0 Å². The number of amides is 2. The van der Waals surface area contributed by atoms with Crippen LogP contribution < -0.4 is 9.80 Å². The molecule has 2 amide bonds. The van der Waals surface area contributed by atoms with Crippen molar-refractivity contribution >= 4 is 23.3 Å². The van der Waals surface area contributed by atoms with Gasteiger partial charge in [0.1, 0.15) is 17.8 Å². The lowest BCUT2D eigenvalue weighted by Crippen LogP contribution is -2.49. The Morgan fingerprint density at radius 3 is 2.45 bits per heavy atom. The SMILES string of the molecule is CN(C(=O)c1cc(N2CCN(C(=O)c3ccco3)CC2)ncn1)c1ccccc1. The van der Waals surface area contributed by atoms with Crippen LogP contribution in [0.2, 0.25) is 0 Å². The molecule has 0 bridgehead atoms. The number of hydrogen-bond donors (Lipinski definition) is 0. The molecule has 0 radical (unpaired) electrons. The molecule has 4 rings (SSSR count). The van der Waals surface area contributed by atoms with Crippen LogP contribution in [-0.2, 0) is 0 Å². The Labute approximate surface area is 168 Å². The number of piperazine rings is 1. The van der Waals surface area contributed by atoms with Gasteiger partial charge in [-0.3, -0.25) is 9.59 Å². The molecular formula is C21H21N5O3. The molecule has 8 nitrogen and oxygen atoms in total. The molecule has 0 atom stereocenters. The third-order valence-electron chi connectivity index (χ3n) is 4.94. The second-order valence-corrected chi connectivity index (χ2v) is 6.72. The summed E-state index contributed by atoms with van der Waals surface area (Å²) in [5.74, 6) is 0.705. The van der Waals surface area contributed by atoms with Crippen LogP contribution in [0.3, 0.4) is 0 Å². The molecule has 3 heterocycles. The highest BCUT2D eigenvalue weighted by Gasteiger charge is 2.25. The second kappa shape index (κ2) is 8.14. The third-order valence-corrected chi connectivity index (χ3v) is 4.94. The summed E-state index contributed by atoms with van der Waals surface area (Å²) in [6.07, 6.45) is 2.90. The smallest absolute Gasteiger partial charge is 0.289 e. The third kappa shape index (κ3) is 3.96. The molecule has 8 heteroatoms. The summed E-state index contributed by atoms with van der Waals surface area (Å²) in [5.41, 5.74) is 1.12. The van der Waals surface area contributed by atoms with Crippen LogP contribution in [0.5, 0.6) is 0 Å². The van der Waals surface area contributed by atoms with Gasteiger partial charge in [-0.05, 0) is 24.3 Å². The molecule has 0 N–H and O–H groups in total. The van der Waals surface area contributed by atoms with Crippen molar-refractivity contribution < 1.29 is 14.0 Å². The minimum Gasteiger partial charge on any atom is -0.459 e. The van der Waals surface area contributed by atoms with E-state index in [0.717, 1.165) is 5.69 Å². The van der Waals surface area contributed by atoms with E-state index in [1.807, 2.05) is 35.2 Å². The largest absolute Gasteiger partial charge is 0.459 e. The van der Waals surface area contributed by atoms with Gasteiger partial charge in [0.15, 0.2) is 5.76 Å². The number of rotatable bonds is 4. The van der Waals surface area contributed by atoms with Crippen LogP contribution in [0.25, 0.3) is 0 Å². The van der Waals surface area contributed by atoms with Gasteiger partial charge in [-0.2, -0.15) is 0 Å². The Balaban J connectivity index is 1.43. The maximum absolute atomic E-state index is 12.8. The van der Waals surface area contributed by atoms with Crippen molar-refractivity contribution in [2.24, 2.45) is 0 Å². The predicted molar refractivity (Wildman–Crippen MR) is 108 cm³/mol. The summed E-state index contributed by atoms with van der Waals surface area (Å²) in [4.78, 5) is 39.0.